The highest BCUT2D eigenvalue weighted by Gasteiger charge is 2.35. The Kier molecular flexibility index (Phi) is 3.85. The predicted molar refractivity (Wildman–Crippen MR) is 93.6 cm³/mol. The van der Waals surface area contributed by atoms with Crippen LogP contribution in [0.3, 0.4) is 0 Å². The first-order chi connectivity index (χ1) is 11.9. The Morgan fingerprint density at radius 1 is 1.24 bits per heavy atom. The molecule has 0 unspecified atom stereocenters. The molecule has 0 spiro atoms. The standard InChI is InChI=1S/C19H22F2N4/c1-12-15(11-24-25(12)2)16-10-23-17-5-8-22-18(17)14(16)9-13-3-6-19(20,21)7-4-13/h5,8,10-11,13,22H,3-4,6-7,9H2,1-2H3. The maximum absolute atomic E-state index is 13.5. The van der Waals surface area contributed by atoms with Crippen molar-refractivity contribution >= 4 is 11.0 Å². The number of halogens is 2. The summed E-state index contributed by atoms with van der Waals surface area (Å²) in [7, 11) is 1.92. The van der Waals surface area contributed by atoms with Gasteiger partial charge in [0.05, 0.1) is 17.2 Å². The lowest BCUT2D eigenvalue weighted by Crippen LogP contribution is -2.25. The number of hydrogen-bond donors (Lipinski definition) is 1. The number of alkyl halides is 2. The number of aromatic amines is 1. The van der Waals surface area contributed by atoms with Crippen molar-refractivity contribution in [2.75, 3.05) is 0 Å². The van der Waals surface area contributed by atoms with Gasteiger partial charge >= 0.3 is 0 Å². The normalized spacial score (nSPS) is 18.1. The van der Waals surface area contributed by atoms with Crippen LogP contribution >= 0.6 is 0 Å². The minimum absolute atomic E-state index is 0.00211. The smallest absolute Gasteiger partial charge is 0.248 e. The fraction of sp³-hybridized carbons (Fsp3) is 0.474. The average Bonchev–Trinajstić information content (AvgIpc) is 3.18. The van der Waals surface area contributed by atoms with Crippen LogP contribution in [0.15, 0.2) is 24.7 Å². The van der Waals surface area contributed by atoms with E-state index < -0.39 is 5.92 Å². The number of rotatable bonds is 3. The Hall–Kier alpha value is -2.24. The third-order valence-electron chi connectivity index (χ3n) is 5.54. The molecule has 3 heterocycles. The van der Waals surface area contributed by atoms with E-state index in [9.17, 15) is 8.78 Å². The SMILES string of the molecule is Cc1c(-c2cnc3cc[nH]c3c2CC2CCC(F)(F)CC2)cnn1C. The second-order valence-corrected chi connectivity index (χ2v) is 7.16. The van der Waals surface area contributed by atoms with Crippen molar-refractivity contribution in [1.29, 1.82) is 0 Å². The molecule has 1 N–H and O–H groups in total. The number of nitrogens with one attached hydrogen (secondary N) is 1. The van der Waals surface area contributed by atoms with Gasteiger partial charge in [0.1, 0.15) is 0 Å². The van der Waals surface area contributed by atoms with E-state index in [1.165, 1.54) is 5.56 Å². The number of aromatic nitrogens is 4. The minimum Gasteiger partial charge on any atom is -0.360 e. The van der Waals surface area contributed by atoms with E-state index in [0.29, 0.717) is 12.8 Å². The molecule has 1 fully saturated rings. The highest BCUT2D eigenvalue weighted by Crippen LogP contribution is 2.40. The van der Waals surface area contributed by atoms with Crippen molar-refractivity contribution in [2.24, 2.45) is 13.0 Å². The summed E-state index contributed by atoms with van der Waals surface area (Å²) in [6, 6.07) is 1.95. The molecule has 1 aliphatic carbocycles. The Bertz CT molecular complexity index is 899. The van der Waals surface area contributed by atoms with Crippen LogP contribution in [-0.2, 0) is 13.5 Å². The van der Waals surface area contributed by atoms with Crippen LogP contribution in [0.5, 0.6) is 0 Å². The van der Waals surface area contributed by atoms with Crippen molar-refractivity contribution in [1.82, 2.24) is 19.7 Å². The van der Waals surface area contributed by atoms with Gasteiger partial charge in [0, 0.05) is 49.1 Å². The number of H-pyrrole nitrogens is 1. The molecule has 0 aliphatic heterocycles. The summed E-state index contributed by atoms with van der Waals surface area (Å²) < 4.78 is 28.8. The summed E-state index contributed by atoms with van der Waals surface area (Å²) in [5.41, 5.74) is 6.28. The maximum atomic E-state index is 13.5. The van der Waals surface area contributed by atoms with Crippen LogP contribution in [0.1, 0.15) is 36.9 Å². The van der Waals surface area contributed by atoms with Gasteiger partial charge in [-0.2, -0.15) is 5.10 Å². The van der Waals surface area contributed by atoms with Gasteiger partial charge in [-0.1, -0.05) is 0 Å². The molecule has 25 heavy (non-hydrogen) atoms. The number of fused-ring (bicyclic) bond motifs is 1. The van der Waals surface area contributed by atoms with Crippen LogP contribution in [-0.4, -0.2) is 25.7 Å². The minimum atomic E-state index is -2.49. The van der Waals surface area contributed by atoms with Gasteiger partial charge in [-0.15, -0.1) is 0 Å². The van der Waals surface area contributed by atoms with E-state index in [2.05, 4.69) is 15.1 Å². The lowest BCUT2D eigenvalue weighted by atomic mass is 9.81. The topological polar surface area (TPSA) is 46.5 Å². The van der Waals surface area contributed by atoms with Crippen LogP contribution in [0.4, 0.5) is 8.78 Å². The highest BCUT2D eigenvalue weighted by molar-refractivity contribution is 5.86. The van der Waals surface area contributed by atoms with Gasteiger partial charge in [0.15, 0.2) is 0 Å². The molecule has 4 rings (SSSR count). The van der Waals surface area contributed by atoms with Crippen LogP contribution in [0.2, 0.25) is 0 Å². The molecule has 0 bridgehead atoms. The summed E-state index contributed by atoms with van der Waals surface area (Å²) >= 11 is 0. The van der Waals surface area contributed by atoms with Gasteiger partial charge in [0.2, 0.25) is 5.92 Å². The summed E-state index contributed by atoms with van der Waals surface area (Å²) in [6.07, 6.45) is 7.57. The zero-order valence-electron chi connectivity index (χ0n) is 14.5. The molecular weight excluding hydrogens is 322 g/mol. The van der Waals surface area contributed by atoms with Gasteiger partial charge in [-0.3, -0.25) is 9.67 Å². The Morgan fingerprint density at radius 3 is 2.68 bits per heavy atom. The molecule has 6 heteroatoms. The van der Waals surface area contributed by atoms with Crippen LogP contribution in [0.25, 0.3) is 22.2 Å². The summed E-state index contributed by atoms with van der Waals surface area (Å²) in [4.78, 5) is 7.85. The Balaban J connectivity index is 1.74. The third-order valence-corrected chi connectivity index (χ3v) is 5.54. The maximum Gasteiger partial charge on any atom is 0.248 e. The van der Waals surface area contributed by atoms with E-state index in [1.54, 1.807) is 0 Å². The predicted octanol–water partition coefficient (Wildman–Crippen LogP) is 4.64. The van der Waals surface area contributed by atoms with Gasteiger partial charge in [0.25, 0.3) is 0 Å². The molecule has 3 aromatic heterocycles. The molecule has 0 saturated heterocycles. The first-order valence-electron chi connectivity index (χ1n) is 8.76. The molecule has 0 atom stereocenters. The summed E-state index contributed by atoms with van der Waals surface area (Å²) in [5.74, 6) is -2.21. The van der Waals surface area contributed by atoms with E-state index in [4.69, 9.17) is 0 Å². The third kappa shape index (κ3) is 2.94. The van der Waals surface area contributed by atoms with Gasteiger partial charge in [-0.05, 0) is 43.7 Å². The zero-order valence-corrected chi connectivity index (χ0v) is 14.5. The molecular formula is C19H22F2N4. The number of pyridine rings is 1. The highest BCUT2D eigenvalue weighted by atomic mass is 19.3. The number of hydrogen-bond acceptors (Lipinski definition) is 2. The van der Waals surface area contributed by atoms with E-state index >= 15 is 0 Å². The quantitative estimate of drug-likeness (QED) is 0.752. The second kappa shape index (κ2) is 5.93. The molecule has 132 valence electrons. The Labute approximate surface area is 145 Å². The average molecular weight is 344 g/mol. The summed E-state index contributed by atoms with van der Waals surface area (Å²) in [5, 5.41) is 4.35. The van der Waals surface area contributed by atoms with Crippen molar-refractivity contribution < 1.29 is 8.78 Å². The first kappa shape index (κ1) is 16.2. The number of aryl methyl sites for hydroxylation is 1. The van der Waals surface area contributed by atoms with Gasteiger partial charge in [-0.25, -0.2) is 8.78 Å². The van der Waals surface area contributed by atoms with Crippen molar-refractivity contribution in [3.05, 3.63) is 35.9 Å². The van der Waals surface area contributed by atoms with Crippen molar-refractivity contribution in [2.45, 2.75) is 45.0 Å². The zero-order chi connectivity index (χ0) is 17.6. The van der Waals surface area contributed by atoms with E-state index in [1.807, 2.05) is 43.3 Å². The van der Waals surface area contributed by atoms with Crippen molar-refractivity contribution in [3.63, 3.8) is 0 Å². The molecule has 1 saturated carbocycles. The van der Waals surface area contributed by atoms with Crippen LogP contribution < -0.4 is 0 Å². The molecule has 1 aliphatic rings. The molecule has 3 aromatic rings. The lowest BCUT2D eigenvalue weighted by Gasteiger charge is -2.28. The molecule has 0 radical (unpaired) electrons. The van der Waals surface area contributed by atoms with Crippen LogP contribution in [0, 0.1) is 12.8 Å². The first-order valence-corrected chi connectivity index (χ1v) is 8.76. The lowest BCUT2D eigenvalue weighted by molar-refractivity contribution is -0.0456. The van der Waals surface area contributed by atoms with Crippen molar-refractivity contribution in [3.8, 4) is 11.1 Å². The van der Waals surface area contributed by atoms with Gasteiger partial charge < -0.3 is 4.98 Å². The fourth-order valence-electron chi connectivity index (χ4n) is 3.86. The fourth-order valence-corrected chi connectivity index (χ4v) is 3.86. The van der Waals surface area contributed by atoms with E-state index in [0.717, 1.165) is 34.3 Å². The summed E-state index contributed by atoms with van der Waals surface area (Å²) in [6.45, 7) is 2.03. The Morgan fingerprint density at radius 2 is 2.00 bits per heavy atom. The number of nitrogens with zero attached hydrogens (tertiary/aromatic N) is 3. The largest absolute Gasteiger partial charge is 0.360 e. The molecule has 0 aromatic carbocycles. The monoisotopic (exact) mass is 344 g/mol. The van der Waals surface area contributed by atoms with E-state index in [-0.39, 0.29) is 18.8 Å². The molecule has 4 nitrogen and oxygen atoms in total. The second-order valence-electron chi connectivity index (χ2n) is 7.16. The molecule has 0 amide bonds.